The Balaban J connectivity index is 1.34. The third-order valence-corrected chi connectivity index (χ3v) is 10.8. The van der Waals surface area contributed by atoms with Gasteiger partial charge in [-0.3, -0.25) is 0 Å². The van der Waals surface area contributed by atoms with Gasteiger partial charge in [-0.15, -0.1) is 0 Å². The zero-order chi connectivity index (χ0) is 36.4. The Hall–Kier alpha value is -6.18. The molecule has 1 nitrogen and oxygen atoms in total. The van der Waals surface area contributed by atoms with Crippen molar-refractivity contribution in [2.45, 2.75) is 39.5 Å². The molecular formula is C52H45N. The van der Waals surface area contributed by atoms with E-state index in [-0.39, 0.29) is 5.41 Å². The van der Waals surface area contributed by atoms with Crippen molar-refractivity contribution in [2.75, 3.05) is 4.90 Å². The first kappa shape index (κ1) is 33.9. The number of benzene rings is 6. The van der Waals surface area contributed by atoms with Gasteiger partial charge in [-0.1, -0.05) is 152 Å². The summed E-state index contributed by atoms with van der Waals surface area (Å²) >= 11 is 0. The molecular weight excluding hydrogens is 639 g/mol. The van der Waals surface area contributed by atoms with E-state index in [2.05, 4.69) is 221 Å². The van der Waals surface area contributed by atoms with Crippen molar-refractivity contribution in [3.05, 3.63) is 222 Å². The van der Waals surface area contributed by atoms with Crippen LogP contribution in [-0.4, -0.2) is 0 Å². The minimum absolute atomic E-state index is 0.269. The molecule has 0 fully saturated rings. The summed E-state index contributed by atoms with van der Waals surface area (Å²) in [5, 5.41) is 0. The van der Waals surface area contributed by atoms with E-state index < -0.39 is 0 Å². The zero-order valence-corrected chi connectivity index (χ0v) is 31.1. The maximum Gasteiger partial charge on any atom is 0.0520 e. The molecule has 1 atom stereocenters. The van der Waals surface area contributed by atoms with Crippen molar-refractivity contribution >= 4 is 28.2 Å². The highest BCUT2D eigenvalue weighted by Gasteiger charge is 2.46. The standard InChI is InChI=1S/C52H45N/c1-5-7-11-23-43-36-52(49-25-17-16-24-47(43)49)35-42(18-8-6-2)48-31-30-46(34-50(48)52)53(45-28-26-41(27-29-45)39-19-12-9-13-20-39)51-37(3)32-44(33-38(51)4)40-21-14-10-15-22-40/h5-34,36H,35H2,1-4H3/b7-5-,8-6-,23-11-,42-18+. The van der Waals surface area contributed by atoms with Crippen molar-refractivity contribution in [1.29, 1.82) is 0 Å². The largest absolute Gasteiger partial charge is 0.310 e. The van der Waals surface area contributed by atoms with Gasteiger partial charge in [0.05, 0.1) is 5.69 Å². The molecule has 0 radical (unpaired) electrons. The van der Waals surface area contributed by atoms with Crippen molar-refractivity contribution in [1.82, 2.24) is 0 Å². The number of rotatable bonds is 8. The second kappa shape index (κ2) is 14.4. The summed E-state index contributed by atoms with van der Waals surface area (Å²) < 4.78 is 0. The average Bonchev–Trinajstić information content (AvgIpc) is 3.69. The van der Waals surface area contributed by atoms with E-state index in [1.165, 1.54) is 72.5 Å². The van der Waals surface area contributed by atoms with Crippen LogP contribution in [0.15, 0.2) is 188 Å². The van der Waals surface area contributed by atoms with Crippen LogP contribution in [0.2, 0.25) is 0 Å². The normalized spacial score (nSPS) is 17.0. The molecule has 0 aromatic heterocycles. The van der Waals surface area contributed by atoms with E-state index in [0.29, 0.717) is 0 Å². The molecule has 0 heterocycles. The fourth-order valence-electron chi connectivity index (χ4n) is 8.44. The van der Waals surface area contributed by atoms with Gasteiger partial charge in [-0.05, 0) is 137 Å². The van der Waals surface area contributed by atoms with Crippen LogP contribution >= 0.6 is 0 Å². The summed E-state index contributed by atoms with van der Waals surface area (Å²) in [5.74, 6) is 0. The van der Waals surface area contributed by atoms with Gasteiger partial charge in [-0.25, -0.2) is 0 Å². The van der Waals surface area contributed by atoms with E-state index in [1.54, 1.807) is 0 Å². The van der Waals surface area contributed by atoms with Crippen LogP contribution < -0.4 is 4.90 Å². The summed E-state index contributed by atoms with van der Waals surface area (Å²) in [4.78, 5) is 2.48. The number of hydrogen-bond donors (Lipinski definition) is 0. The fourth-order valence-corrected chi connectivity index (χ4v) is 8.44. The number of anilines is 3. The number of allylic oxidation sites excluding steroid dienone is 10. The first-order chi connectivity index (χ1) is 26.0. The first-order valence-corrected chi connectivity index (χ1v) is 18.7. The van der Waals surface area contributed by atoms with Crippen LogP contribution in [0.4, 0.5) is 17.1 Å². The molecule has 2 aliphatic carbocycles. The summed E-state index contributed by atoms with van der Waals surface area (Å²) in [5.41, 5.74) is 18.6. The van der Waals surface area contributed by atoms with Gasteiger partial charge >= 0.3 is 0 Å². The lowest BCUT2D eigenvalue weighted by atomic mass is 9.77. The molecule has 6 aromatic rings. The van der Waals surface area contributed by atoms with Gasteiger partial charge in [0.15, 0.2) is 0 Å². The van der Waals surface area contributed by atoms with Crippen LogP contribution in [0.3, 0.4) is 0 Å². The van der Waals surface area contributed by atoms with Crippen LogP contribution in [0.1, 0.15) is 53.6 Å². The Kier molecular flexibility index (Phi) is 9.25. The van der Waals surface area contributed by atoms with Crippen LogP contribution in [-0.2, 0) is 5.41 Å². The second-order valence-corrected chi connectivity index (χ2v) is 14.2. The lowest BCUT2D eigenvalue weighted by Crippen LogP contribution is -2.21. The van der Waals surface area contributed by atoms with Crippen LogP contribution in [0.25, 0.3) is 33.4 Å². The monoisotopic (exact) mass is 683 g/mol. The predicted octanol–water partition coefficient (Wildman–Crippen LogP) is 14.3. The highest BCUT2D eigenvalue weighted by molar-refractivity contribution is 5.92. The summed E-state index contributed by atoms with van der Waals surface area (Å²) in [6.07, 6.45) is 18.7. The molecule has 0 amide bonds. The Bertz CT molecular complexity index is 2410. The highest BCUT2D eigenvalue weighted by Crippen LogP contribution is 2.57. The smallest absolute Gasteiger partial charge is 0.0520 e. The molecule has 2 aliphatic rings. The van der Waals surface area contributed by atoms with Crippen LogP contribution in [0, 0.1) is 13.8 Å². The summed E-state index contributed by atoms with van der Waals surface area (Å²) in [7, 11) is 0. The van der Waals surface area contributed by atoms with E-state index in [4.69, 9.17) is 0 Å². The van der Waals surface area contributed by atoms with Crippen molar-refractivity contribution in [2.24, 2.45) is 0 Å². The molecule has 1 spiro atoms. The van der Waals surface area contributed by atoms with Gasteiger partial charge in [-0.2, -0.15) is 0 Å². The molecule has 0 saturated carbocycles. The molecule has 258 valence electrons. The van der Waals surface area contributed by atoms with Gasteiger partial charge < -0.3 is 4.90 Å². The van der Waals surface area contributed by atoms with E-state index in [9.17, 15) is 0 Å². The summed E-state index contributed by atoms with van der Waals surface area (Å²) in [6.45, 7) is 8.67. The highest BCUT2D eigenvalue weighted by atomic mass is 15.1. The third kappa shape index (κ3) is 6.23. The Morgan fingerprint density at radius 1 is 0.528 bits per heavy atom. The fraction of sp³-hybridized carbons (Fsp3) is 0.115. The maximum absolute atomic E-state index is 2.53. The number of nitrogens with zero attached hydrogens (tertiary/aromatic N) is 1. The number of hydrogen-bond acceptors (Lipinski definition) is 1. The third-order valence-electron chi connectivity index (χ3n) is 10.8. The predicted molar refractivity (Wildman–Crippen MR) is 228 cm³/mol. The molecule has 1 heteroatoms. The van der Waals surface area contributed by atoms with E-state index >= 15 is 0 Å². The van der Waals surface area contributed by atoms with Gasteiger partial charge in [0.1, 0.15) is 0 Å². The molecule has 0 saturated heterocycles. The Morgan fingerprint density at radius 3 is 1.81 bits per heavy atom. The molecule has 6 aromatic carbocycles. The first-order valence-electron chi connectivity index (χ1n) is 18.7. The lowest BCUT2D eigenvalue weighted by molar-refractivity contribution is 0.704. The van der Waals surface area contributed by atoms with Gasteiger partial charge in [0, 0.05) is 16.8 Å². The zero-order valence-electron chi connectivity index (χ0n) is 31.1. The maximum atomic E-state index is 2.53. The SMILES string of the molecule is C/C=C\C=C/C1=CC2(C/C(=C\C=C/C)c3ccc(N(c4ccc(-c5ccccc5)cc4)c4c(C)cc(-c5ccccc5)cc4C)cc32)c2ccccc21. The minimum Gasteiger partial charge on any atom is -0.310 e. The van der Waals surface area contributed by atoms with Crippen molar-refractivity contribution in [3.63, 3.8) is 0 Å². The summed E-state index contributed by atoms with van der Waals surface area (Å²) in [6, 6.07) is 51.3. The molecule has 53 heavy (non-hydrogen) atoms. The van der Waals surface area contributed by atoms with Gasteiger partial charge in [0.25, 0.3) is 0 Å². The van der Waals surface area contributed by atoms with Crippen molar-refractivity contribution < 1.29 is 0 Å². The lowest BCUT2D eigenvalue weighted by Gasteiger charge is -2.31. The molecule has 8 rings (SSSR count). The van der Waals surface area contributed by atoms with Crippen LogP contribution in [0.5, 0.6) is 0 Å². The minimum atomic E-state index is -0.269. The molecule has 0 aliphatic heterocycles. The van der Waals surface area contributed by atoms with E-state index in [1.807, 2.05) is 0 Å². The molecule has 0 bridgehead atoms. The van der Waals surface area contributed by atoms with Crippen molar-refractivity contribution in [3.8, 4) is 22.3 Å². The topological polar surface area (TPSA) is 3.24 Å². The van der Waals surface area contributed by atoms with E-state index in [0.717, 1.165) is 17.8 Å². The average molecular weight is 684 g/mol. The van der Waals surface area contributed by atoms with Gasteiger partial charge in [0.2, 0.25) is 0 Å². The number of aryl methyl sites for hydroxylation is 2. The Morgan fingerprint density at radius 2 is 1.13 bits per heavy atom. The number of fused-ring (bicyclic) bond motifs is 4. The quantitative estimate of drug-likeness (QED) is 0.144. The molecule has 0 N–H and O–H groups in total. The molecule has 1 unspecified atom stereocenters. The Labute approximate surface area is 315 Å². The second-order valence-electron chi connectivity index (χ2n) is 14.2.